The number of hydrogen-bond acceptors (Lipinski definition) is 11. The highest BCUT2D eigenvalue weighted by Crippen LogP contribution is 2.32. The lowest BCUT2D eigenvalue weighted by Crippen LogP contribution is -2.67. The summed E-state index contributed by atoms with van der Waals surface area (Å²) in [5.74, 6) is -1.21. The maximum absolute atomic E-state index is 15.0. The summed E-state index contributed by atoms with van der Waals surface area (Å²) in [6, 6.07) is 7.48. The van der Waals surface area contributed by atoms with Crippen LogP contribution < -0.4 is 14.8 Å². The number of aliphatic hydroxyl groups excluding tert-OH is 5. The standard InChI is InChI=1S/C31H34Cl2FNO11/c1-14(31(41)35-24-25(38)27(40)30-29(26(24)39)43-13-44-30)8-15-2-4-22(19(34)9-15)45-23-11-20(37)28(46-23)16(12-36)6-7-42-21-5-3-17(32)10-18(21)33/h2-6,8-10,20,23-30,36-40H,7,11-13H2,1H3,(H,35,41)/t20-,23+,24+,25-,26+,27+,28+,29-,30+/m0/s1. The first kappa shape index (κ1) is 34.5. The van der Waals surface area contributed by atoms with Crippen LogP contribution in [-0.2, 0) is 19.0 Å². The fraction of sp³-hybridized carbons (Fsp3) is 0.452. The van der Waals surface area contributed by atoms with Crippen molar-refractivity contribution in [3.8, 4) is 11.5 Å². The molecule has 0 radical (unpaired) electrons. The highest BCUT2D eigenvalue weighted by molar-refractivity contribution is 6.35. The lowest BCUT2D eigenvalue weighted by molar-refractivity contribution is -0.155. The van der Waals surface area contributed by atoms with E-state index in [-0.39, 0.29) is 31.1 Å². The van der Waals surface area contributed by atoms with E-state index >= 15 is 4.39 Å². The second-order valence-corrected chi connectivity index (χ2v) is 11.9. The first-order chi connectivity index (χ1) is 22.0. The van der Waals surface area contributed by atoms with E-state index < -0.39 is 73.4 Å². The zero-order valence-electron chi connectivity index (χ0n) is 24.5. The molecule has 0 spiro atoms. The van der Waals surface area contributed by atoms with Crippen LogP contribution in [0.5, 0.6) is 11.5 Å². The molecule has 0 aromatic heterocycles. The molecule has 1 aliphatic carbocycles. The van der Waals surface area contributed by atoms with Crippen molar-refractivity contribution < 1.29 is 58.4 Å². The van der Waals surface area contributed by atoms with Gasteiger partial charge >= 0.3 is 0 Å². The minimum Gasteiger partial charge on any atom is -0.488 e. The Morgan fingerprint density at radius 2 is 1.76 bits per heavy atom. The van der Waals surface area contributed by atoms with E-state index in [9.17, 15) is 30.3 Å². The van der Waals surface area contributed by atoms with Gasteiger partial charge in [0.25, 0.3) is 0 Å². The topological polar surface area (TPSA) is 176 Å². The number of amides is 1. The summed E-state index contributed by atoms with van der Waals surface area (Å²) in [6.07, 6.45) is -6.13. The summed E-state index contributed by atoms with van der Waals surface area (Å²) in [5.41, 5.74) is 0.778. The van der Waals surface area contributed by atoms with Gasteiger partial charge in [-0.05, 0) is 60.5 Å². The first-order valence-electron chi connectivity index (χ1n) is 14.4. The van der Waals surface area contributed by atoms with Gasteiger partial charge in [0.1, 0.15) is 55.8 Å². The molecule has 250 valence electrons. The molecule has 2 aliphatic heterocycles. The van der Waals surface area contributed by atoms with Crippen LogP contribution in [0.2, 0.25) is 10.0 Å². The number of nitrogens with one attached hydrogen (secondary N) is 1. The molecule has 46 heavy (non-hydrogen) atoms. The second kappa shape index (κ2) is 14.9. The third-order valence-electron chi connectivity index (χ3n) is 7.97. The third kappa shape index (κ3) is 7.66. The number of benzene rings is 2. The summed E-state index contributed by atoms with van der Waals surface area (Å²) in [7, 11) is 0. The van der Waals surface area contributed by atoms with Gasteiger partial charge in [0.05, 0.1) is 23.8 Å². The molecule has 2 aromatic rings. The van der Waals surface area contributed by atoms with Crippen LogP contribution in [0.4, 0.5) is 4.39 Å². The molecule has 3 fully saturated rings. The van der Waals surface area contributed by atoms with E-state index in [1.54, 1.807) is 18.2 Å². The summed E-state index contributed by atoms with van der Waals surface area (Å²) < 4.78 is 42.5. The molecule has 0 unspecified atom stereocenters. The Kier molecular flexibility index (Phi) is 11.2. The van der Waals surface area contributed by atoms with Gasteiger partial charge in [-0.1, -0.05) is 29.3 Å². The number of carbonyl (C=O) groups excluding carboxylic acids is 1. The Balaban J connectivity index is 1.17. The van der Waals surface area contributed by atoms with Gasteiger partial charge < -0.3 is 54.5 Å². The predicted octanol–water partition coefficient (Wildman–Crippen LogP) is 1.71. The van der Waals surface area contributed by atoms with Crippen LogP contribution in [0.25, 0.3) is 6.08 Å². The van der Waals surface area contributed by atoms with Gasteiger partial charge in [-0.25, -0.2) is 4.39 Å². The summed E-state index contributed by atoms with van der Waals surface area (Å²) in [5, 5.41) is 55.0. The molecule has 0 bridgehead atoms. The Bertz CT molecular complexity index is 1480. The summed E-state index contributed by atoms with van der Waals surface area (Å²) in [4.78, 5) is 12.8. The number of halogens is 3. The van der Waals surface area contributed by atoms with Crippen molar-refractivity contribution in [2.75, 3.05) is 20.0 Å². The van der Waals surface area contributed by atoms with Crippen molar-refractivity contribution >= 4 is 35.2 Å². The number of ether oxygens (including phenoxy) is 5. The van der Waals surface area contributed by atoms with E-state index in [0.717, 1.165) is 6.07 Å². The highest BCUT2D eigenvalue weighted by Gasteiger charge is 2.53. The maximum atomic E-state index is 15.0. The van der Waals surface area contributed by atoms with Crippen molar-refractivity contribution in [1.29, 1.82) is 0 Å². The normalized spacial score (nSPS) is 31.5. The minimum atomic E-state index is -1.51. The number of carbonyl (C=O) groups is 1. The van der Waals surface area contributed by atoms with Gasteiger partial charge in [0.15, 0.2) is 11.6 Å². The highest BCUT2D eigenvalue weighted by atomic mass is 35.5. The van der Waals surface area contributed by atoms with Crippen molar-refractivity contribution in [2.45, 2.75) is 68.4 Å². The van der Waals surface area contributed by atoms with Gasteiger partial charge in [0.2, 0.25) is 12.2 Å². The number of fused-ring (bicyclic) bond motifs is 1. The molecule has 3 aliphatic rings. The summed E-state index contributed by atoms with van der Waals surface area (Å²) in [6.45, 7) is 0.887. The molecular formula is C31H34Cl2FNO11. The SMILES string of the molecule is CC(=Cc1ccc(O[C@H]2C[C@H](O)[C@@H](C(=CCOc3ccc(Cl)cc3Cl)CO)O2)c(F)c1)C(=O)N[C@@H]1[C@H](O)[C@@H](O)[C@H]2OCO[C@H]2[C@@H]1O. The van der Waals surface area contributed by atoms with Gasteiger partial charge in [-0.3, -0.25) is 4.79 Å². The van der Waals surface area contributed by atoms with Crippen molar-refractivity contribution in [2.24, 2.45) is 0 Å². The van der Waals surface area contributed by atoms with Crippen LogP contribution >= 0.6 is 23.2 Å². The third-order valence-corrected chi connectivity index (χ3v) is 8.50. The molecular weight excluding hydrogens is 652 g/mol. The maximum Gasteiger partial charge on any atom is 0.247 e. The molecule has 12 nitrogen and oxygen atoms in total. The van der Waals surface area contributed by atoms with Crippen LogP contribution in [0, 0.1) is 5.82 Å². The van der Waals surface area contributed by atoms with Crippen LogP contribution in [0.3, 0.4) is 0 Å². The molecule has 2 saturated heterocycles. The second-order valence-electron chi connectivity index (χ2n) is 11.1. The van der Waals surface area contributed by atoms with Gasteiger partial charge in [-0.2, -0.15) is 0 Å². The molecule has 6 N–H and O–H groups in total. The first-order valence-corrected chi connectivity index (χ1v) is 15.2. The van der Waals surface area contributed by atoms with E-state index in [2.05, 4.69) is 5.32 Å². The van der Waals surface area contributed by atoms with Crippen LogP contribution in [-0.4, -0.2) is 107 Å². The van der Waals surface area contributed by atoms with E-state index in [4.69, 9.17) is 46.9 Å². The molecule has 1 amide bonds. The molecule has 2 aromatic carbocycles. The summed E-state index contributed by atoms with van der Waals surface area (Å²) >= 11 is 12.0. The Hall–Kier alpha value is -2.82. The quantitative estimate of drug-likeness (QED) is 0.159. The Morgan fingerprint density at radius 1 is 1.04 bits per heavy atom. The van der Waals surface area contributed by atoms with Crippen LogP contribution in [0.1, 0.15) is 18.9 Å². The lowest BCUT2D eigenvalue weighted by atomic mass is 9.83. The van der Waals surface area contributed by atoms with E-state index in [1.165, 1.54) is 31.2 Å². The zero-order chi connectivity index (χ0) is 33.1. The molecule has 1 saturated carbocycles. The average Bonchev–Trinajstić information content (AvgIpc) is 3.66. The molecule has 2 heterocycles. The fourth-order valence-corrected chi connectivity index (χ4v) is 5.99. The van der Waals surface area contributed by atoms with Gasteiger partial charge in [-0.15, -0.1) is 0 Å². The largest absolute Gasteiger partial charge is 0.488 e. The molecule has 15 heteroatoms. The number of hydrogen-bond donors (Lipinski definition) is 6. The number of aliphatic hydroxyl groups is 5. The minimum absolute atomic E-state index is 0.00140. The smallest absolute Gasteiger partial charge is 0.247 e. The Morgan fingerprint density at radius 3 is 2.46 bits per heavy atom. The number of rotatable bonds is 10. The van der Waals surface area contributed by atoms with E-state index in [1.807, 2.05) is 0 Å². The lowest BCUT2D eigenvalue weighted by Gasteiger charge is -2.41. The van der Waals surface area contributed by atoms with E-state index in [0.29, 0.717) is 26.9 Å². The van der Waals surface area contributed by atoms with Crippen molar-refractivity contribution in [3.63, 3.8) is 0 Å². The fourth-order valence-electron chi connectivity index (χ4n) is 5.52. The predicted molar refractivity (Wildman–Crippen MR) is 162 cm³/mol. The zero-order valence-corrected chi connectivity index (χ0v) is 26.0. The molecule has 5 rings (SSSR count). The molecule has 9 atom stereocenters. The van der Waals surface area contributed by atoms with Crippen molar-refractivity contribution in [1.82, 2.24) is 5.32 Å². The van der Waals surface area contributed by atoms with Gasteiger partial charge in [0, 0.05) is 17.0 Å². The van der Waals surface area contributed by atoms with Crippen molar-refractivity contribution in [3.05, 3.63) is 75.0 Å². The monoisotopic (exact) mass is 685 g/mol. The average molecular weight is 687 g/mol. The van der Waals surface area contributed by atoms with Crippen LogP contribution in [0.15, 0.2) is 53.6 Å². The Labute approximate surface area is 273 Å².